The summed E-state index contributed by atoms with van der Waals surface area (Å²) >= 11 is 0. The number of rotatable bonds is 7. The van der Waals surface area contributed by atoms with E-state index in [0.29, 0.717) is 25.1 Å². The molecule has 1 fully saturated rings. The molecule has 134 valence electrons. The smallest absolute Gasteiger partial charge is 0.317 e. The van der Waals surface area contributed by atoms with Crippen molar-refractivity contribution in [2.45, 2.75) is 51.4 Å². The van der Waals surface area contributed by atoms with Gasteiger partial charge in [0.05, 0.1) is 12.7 Å². The van der Waals surface area contributed by atoms with E-state index < -0.39 is 0 Å². The highest BCUT2D eigenvalue weighted by atomic mass is 19.1. The molecule has 5 nitrogen and oxygen atoms in total. The standard InChI is InChI=1S/C18H27FN2O3/c1-14(5-4-12-22)20-18(23)21-10-8-16(9-11-21)24-13-15-6-2-3-7-17(15)19/h2-3,6-7,14,16,22H,4-5,8-13H2,1H3,(H,20,23). The Hall–Kier alpha value is -1.66. The second-order valence-electron chi connectivity index (χ2n) is 6.31. The summed E-state index contributed by atoms with van der Waals surface area (Å²) in [6.07, 6.45) is 3.03. The Morgan fingerprint density at radius 2 is 2.12 bits per heavy atom. The summed E-state index contributed by atoms with van der Waals surface area (Å²) in [6, 6.07) is 6.62. The van der Waals surface area contributed by atoms with Crippen molar-refractivity contribution < 1.29 is 19.0 Å². The lowest BCUT2D eigenvalue weighted by Gasteiger charge is -2.32. The predicted molar refractivity (Wildman–Crippen MR) is 90.1 cm³/mol. The van der Waals surface area contributed by atoms with Crippen LogP contribution in [0.4, 0.5) is 9.18 Å². The van der Waals surface area contributed by atoms with Gasteiger partial charge >= 0.3 is 6.03 Å². The van der Waals surface area contributed by atoms with E-state index in [0.717, 1.165) is 19.3 Å². The summed E-state index contributed by atoms with van der Waals surface area (Å²) in [5.41, 5.74) is 0.565. The molecule has 1 aromatic rings. The fraction of sp³-hybridized carbons (Fsp3) is 0.611. The van der Waals surface area contributed by atoms with Crippen molar-refractivity contribution in [1.82, 2.24) is 10.2 Å². The number of carbonyl (C=O) groups is 1. The van der Waals surface area contributed by atoms with Gasteiger partial charge in [0, 0.05) is 31.3 Å². The van der Waals surface area contributed by atoms with Crippen LogP contribution in [0.2, 0.25) is 0 Å². The molecule has 0 aliphatic carbocycles. The van der Waals surface area contributed by atoms with Crippen molar-refractivity contribution in [3.8, 4) is 0 Å². The zero-order valence-corrected chi connectivity index (χ0v) is 14.2. The molecule has 1 atom stereocenters. The van der Waals surface area contributed by atoms with Gasteiger partial charge in [-0.3, -0.25) is 0 Å². The van der Waals surface area contributed by atoms with Gasteiger partial charge in [-0.1, -0.05) is 18.2 Å². The molecule has 1 heterocycles. The summed E-state index contributed by atoms with van der Waals surface area (Å²) in [4.78, 5) is 14.0. The molecule has 2 rings (SSSR count). The highest BCUT2D eigenvalue weighted by Crippen LogP contribution is 2.17. The maximum Gasteiger partial charge on any atom is 0.317 e. The maximum atomic E-state index is 13.6. The van der Waals surface area contributed by atoms with Gasteiger partial charge in [-0.25, -0.2) is 9.18 Å². The van der Waals surface area contributed by atoms with Crippen molar-refractivity contribution in [1.29, 1.82) is 0 Å². The molecule has 1 aliphatic rings. The van der Waals surface area contributed by atoms with Gasteiger partial charge in [0.25, 0.3) is 0 Å². The first-order valence-electron chi connectivity index (χ1n) is 8.61. The molecule has 0 saturated carbocycles. The van der Waals surface area contributed by atoms with Crippen LogP contribution in [-0.2, 0) is 11.3 Å². The summed E-state index contributed by atoms with van der Waals surface area (Å²) < 4.78 is 19.4. The van der Waals surface area contributed by atoms with Crippen molar-refractivity contribution in [2.75, 3.05) is 19.7 Å². The highest BCUT2D eigenvalue weighted by Gasteiger charge is 2.24. The number of benzene rings is 1. The van der Waals surface area contributed by atoms with Crippen LogP contribution in [0, 0.1) is 5.82 Å². The first kappa shape index (κ1) is 18.7. The SMILES string of the molecule is CC(CCCO)NC(=O)N1CCC(OCc2ccccc2F)CC1. The van der Waals surface area contributed by atoms with Gasteiger partial charge in [0.1, 0.15) is 5.82 Å². The second-order valence-corrected chi connectivity index (χ2v) is 6.31. The molecular formula is C18H27FN2O3. The number of hydrogen-bond donors (Lipinski definition) is 2. The molecule has 1 aliphatic heterocycles. The molecule has 6 heteroatoms. The van der Waals surface area contributed by atoms with E-state index in [2.05, 4.69) is 5.32 Å². The Labute approximate surface area is 142 Å². The molecule has 2 N–H and O–H groups in total. The van der Waals surface area contributed by atoms with Crippen LogP contribution in [0.25, 0.3) is 0 Å². The van der Waals surface area contributed by atoms with Gasteiger partial charge in [-0.15, -0.1) is 0 Å². The van der Waals surface area contributed by atoms with Crippen LogP contribution in [0.3, 0.4) is 0 Å². The quantitative estimate of drug-likeness (QED) is 0.803. The normalized spacial score (nSPS) is 16.9. The highest BCUT2D eigenvalue weighted by molar-refractivity contribution is 5.74. The Morgan fingerprint density at radius 3 is 2.79 bits per heavy atom. The third kappa shape index (κ3) is 5.76. The lowest BCUT2D eigenvalue weighted by atomic mass is 10.1. The average Bonchev–Trinajstić information content (AvgIpc) is 2.59. The number of nitrogens with zero attached hydrogens (tertiary/aromatic N) is 1. The molecule has 1 saturated heterocycles. The van der Waals surface area contributed by atoms with E-state index in [1.165, 1.54) is 6.07 Å². The number of aliphatic hydroxyl groups is 1. The fourth-order valence-electron chi connectivity index (χ4n) is 2.82. The molecule has 1 aromatic carbocycles. The number of likely N-dealkylation sites (tertiary alicyclic amines) is 1. The number of nitrogens with one attached hydrogen (secondary N) is 1. The van der Waals surface area contributed by atoms with Gasteiger partial charge in [0.2, 0.25) is 0 Å². The summed E-state index contributed by atoms with van der Waals surface area (Å²) in [5.74, 6) is -0.244. The fourth-order valence-corrected chi connectivity index (χ4v) is 2.82. The lowest BCUT2D eigenvalue weighted by molar-refractivity contribution is 0.00322. The number of urea groups is 1. The minimum Gasteiger partial charge on any atom is -0.396 e. The van der Waals surface area contributed by atoms with Crippen LogP contribution in [0.5, 0.6) is 0 Å². The number of aliphatic hydroxyl groups excluding tert-OH is 1. The van der Waals surface area contributed by atoms with Crippen molar-refractivity contribution in [2.24, 2.45) is 0 Å². The zero-order chi connectivity index (χ0) is 17.4. The number of carbonyl (C=O) groups excluding carboxylic acids is 1. The van der Waals surface area contributed by atoms with Crippen molar-refractivity contribution in [3.63, 3.8) is 0 Å². The first-order chi connectivity index (χ1) is 11.6. The van der Waals surface area contributed by atoms with Crippen LogP contribution in [-0.4, -0.2) is 47.9 Å². The monoisotopic (exact) mass is 338 g/mol. The Balaban J connectivity index is 1.69. The van der Waals surface area contributed by atoms with E-state index >= 15 is 0 Å². The lowest BCUT2D eigenvalue weighted by Crippen LogP contribution is -2.48. The third-order valence-electron chi connectivity index (χ3n) is 4.33. The van der Waals surface area contributed by atoms with Crippen LogP contribution in [0.1, 0.15) is 38.2 Å². The van der Waals surface area contributed by atoms with Crippen molar-refractivity contribution in [3.05, 3.63) is 35.6 Å². The van der Waals surface area contributed by atoms with E-state index in [-0.39, 0.29) is 37.2 Å². The number of ether oxygens (including phenoxy) is 1. The number of piperidine rings is 1. The van der Waals surface area contributed by atoms with Crippen LogP contribution in [0.15, 0.2) is 24.3 Å². The molecule has 0 radical (unpaired) electrons. The minimum absolute atomic E-state index is 0.0553. The summed E-state index contributed by atoms with van der Waals surface area (Å²) in [5, 5.41) is 11.8. The predicted octanol–water partition coefficient (Wildman–Crippen LogP) is 2.68. The largest absolute Gasteiger partial charge is 0.396 e. The second kappa shape index (κ2) is 9.59. The molecule has 1 unspecified atom stereocenters. The van der Waals surface area contributed by atoms with Gasteiger partial charge < -0.3 is 20.1 Å². The van der Waals surface area contributed by atoms with E-state index in [4.69, 9.17) is 9.84 Å². The van der Waals surface area contributed by atoms with Gasteiger partial charge in [-0.05, 0) is 38.7 Å². The van der Waals surface area contributed by atoms with Gasteiger partial charge in [0.15, 0.2) is 0 Å². The molecule has 0 bridgehead atoms. The van der Waals surface area contributed by atoms with Crippen LogP contribution < -0.4 is 5.32 Å². The van der Waals surface area contributed by atoms with Crippen molar-refractivity contribution >= 4 is 6.03 Å². The molecule has 0 aromatic heterocycles. The van der Waals surface area contributed by atoms with Crippen LogP contribution >= 0.6 is 0 Å². The Kier molecular flexibility index (Phi) is 7.46. The molecular weight excluding hydrogens is 311 g/mol. The third-order valence-corrected chi connectivity index (χ3v) is 4.33. The zero-order valence-electron chi connectivity index (χ0n) is 14.2. The Bertz CT molecular complexity index is 519. The van der Waals surface area contributed by atoms with Gasteiger partial charge in [-0.2, -0.15) is 0 Å². The summed E-state index contributed by atoms with van der Waals surface area (Å²) in [6.45, 7) is 3.63. The maximum absolute atomic E-state index is 13.6. The van der Waals surface area contributed by atoms with E-state index in [1.807, 2.05) is 6.92 Å². The number of amides is 2. The summed E-state index contributed by atoms with van der Waals surface area (Å²) in [7, 11) is 0. The average molecular weight is 338 g/mol. The number of halogens is 1. The number of hydrogen-bond acceptors (Lipinski definition) is 3. The minimum atomic E-state index is -0.244. The van der Waals surface area contributed by atoms with E-state index in [1.54, 1.807) is 23.1 Å². The van der Waals surface area contributed by atoms with E-state index in [9.17, 15) is 9.18 Å². The molecule has 0 spiro atoms. The molecule has 24 heavy (non-hydrogen) atoms. The molecule has 2 amide bonds. The first-order valence-corrected chi connectivity index (χ1v) is 8.61. The topological polar surface area (TPSA) is 61.8 Å². The Morgan fingerprint density at radius 1 is 1.42 bits per heavy atom.